The Morgan fingerprint density at radius 2 is 2.31 bits per heavy atom. The standard InChI is InChI=1S/C12H15BrN2O/c1-8(9-3-2-4-11(13)5-9)15-12(16)10-6-14-7-10/h2-5,8,10,14H,6-7H2,1H3,(H,15,16)/t8-/m0/s1. The molecule has 0 aliphatic carbocycles. The largest absolute Gasteiger partial charge is 0.349 e. The first kappa shape index (κ1) is 11.6. The molecule has 1 aromatic rings. The van der Waals surface area contributed by atoms with Crippen LogP contribution in [0.4, 0.5) is 0 Å². The maximum absolute atomic E-state index is 11.7. The third kappa shape index (κ3) is 2.62. The van der Waals surface area contributed by atoms with Crippen molar-refractivity contribution in [3.63, 3.8) is 0 Å². The van der Waals surface area contributed by atoms with Gasteiger partial charge < -0.3 is 10.6 Å². The number of hydrogen-bond donors (Lipinski definition) is 2. The third-order valence-corrected chi connectivity index (χ3v) is 3.35. The highest BCUT2D eigenvalue weighted by Gasteiger charge is 2.25. The molecule has 0 unspecified atom stereocenters. The van der Waals surface area contributed by atoms with E-state index in [-0.39, 0.29) is 17.9 Å². The molecule has 3 nitrogen and oxygen atoms in total. The summed E-state index contributed by atoms with van der Waals surface area (Å²) in [5.74, 6) is 0.292. The molecule has 1 fully saturated rings. The second kappa shape index (κ2) is 4.97. The van der Waals surface area contributed by atoms with Gasteiger partial charge in [0.05, 0.1) is 12.0 Å². The molecule has 1 aliphatic heterocycles. The zero-order chi connectivity index (χ0) is 11.5. The summed E-state index contributed by atoms with van der Waals surface area (Å²) in [4.78, 5) is 11.7. The van der Waals surface area contributed by atoms with Gasteiger partial charge in [-0.2, -0.15) is 0 Å². The topological polar surface area (TPSA) is 41.1 Å². The van der Waals surface area contributed by atoms with Gasteiger partial charge in [0.2, 0.25) is 5.91 Å². The number of carbonyl (C=O) groups excluding carboxylic acids is 1. The fraction of sp³-hybridized carbons (Fsp3) is 0.417. The SMILES string of the molecule is C[C@H](NC(=O)C1CNC1)c1cccc(Br)c1. The fourth-order valence-electron chi connectivity index (χ4n) is 1.66. The summed E-state index contributed by atoms with van der Waals surface area (Å²) in [7, 11) is 0. The molecule has 0 saturated carbocycles. The van der Waals surface area contributed by atoms with E-state index in [1.54, 1.807) is 0 Å². The van der Waals surface area contributed by atoms with Crippen molar-refractivity contribution in [2.45, 2.75) is 13.0 Å². The van der Waals surface area contributed by atoms with E-state index in [1.807, 2.05) is 31.2 Å². The van der Waals surface area contributed by atoms with E-state index in [0.29, 0.717) is 0 Å². The van der Waals surface area contributed by atoms with Crippen LogP contribution in [0, 0.1) is 5.92 Å². The van der Waals surface area contributed by atoms with Crippen molar-refractivity contribution in [3.8, 4) is 0 Å². The van der Waals surface area contributed by atoms with E-state index in [0.717, 1.165) is 23.1 Å². The lowest BCUT2D eigenvalue weighted by atomic mass is 10.0. The molecule has 1 heterocycles. The van der Waals surface area contributed by atoms with Crippen molar-refractivity contribution in [2.24, 2.45) is 5.92 Å². The van der Waals surface area contributed by atoms with Crippen LogP contribution >= 0.6 is 15.9 Å². The number of hydrogen-bond acceptors (Lipinski definition) is 2. The van der Waals surface area contributed by atoms with Crippen LogP contribution in [0.1, 0.15) is 18.5 Å². The lowest BCUT2D eigenvalue weighted by molar-refractivity contribution is -0.127. The van der Waals surface area contributed by atoms with Crippen LogP contribution in [0.5, 0.6) is 0 Å². The first-order valence-electron chi connectivity index (χ1n) is 5.43. The molecule has 86 valence electrons. The van der Waals surface area contributed by atoms with Gasteiger partial charge in [0.25, 0.3) is 0 Å². The van der Waals surface area contributed by atoms with Gasteiger partial charge in [-0.25, -0.2) is 0 Å². The van der Waals surface area contributed by atoms with Crippen LogP contribution in [-0.2, 0) is 4.79 Å². The van der Waals surface area contributed by atoms with Crippen LogP contribution in [0.2, 0.25) is 0 Å². The molecular formula is C12H15BrN2O. The normalized spacial score (nSPS) is 17.6. The predicted molar refractivity (Wildman–Crippen MR) is 67.1 cm³/mol. The number of nitrogens with one attached hydrogen (secondary N) is 2. The number of amides is 1. The Balaban J connectivity index is 1.96. The first-order chi connectivity index (χ1) is 7.66. The smallest absolute Gasteiger partial charge is 0.226 e. The van der Waals surface area contributed by atoms with Crippen LogP contribution in [0.25, 0.3) is 0 Å². The molecule has 16 heavy (non-hydrogen) atoms. The van der Waals surface area contributed by atoms with Crippen molar-refractivity contribution >= 4 is 21.8 Å². The summed E-state index contributed by atoms with van der Waals surface area (Å²) >= 11 is 3.43. The Kier molecular flexibility index (Phi) is 3.61. The summed E-state index contributed by atoms with van der Waals surface area (Å²) < 4.78 is 1.04. The minimum absolute atomic E-state index is 0.0607. The Labute approximate surface area is 104 Å². The van der Waals surface area contributed by atoms with Gasteiger partial charge in [0.15, 0.2) is 0 Å². The molecule has 1 amide bonds. The molecule has 2 N–H and O–H groups in total. The van der Waals surface area contributed by atoms with Gasteiger partial charge in [-0.05, 0) is 24.6 Å². The summed E-state index contributed by atoms with van der Waals surface area (Å²) in [5.41, 5.74) is 1.12. The van der Waals surface area contributed by atoms with E-state index in [1.165, 1.54) is 0 Å². The lowest BCUT2D eigenvalue weighted by Crippen LogP contribution is -2.51. The molecular weight excluding hydrogens is 268 g/mol. The van der Waals surface area contributed by atoms with Crippen LogP contribution < -0.4 is 10.6 Å². The van der Waals surface area contributed by atoms with Crippen molar-refractivity contribution in [3.05, 3.63) is 34.3 Å². The van der Waals surface area contributed by atoms with E-state index in [9.17, 15) is 4.79 Å². The zero-order valence-corrected chi connectivity index (χ0v) is 10.8. The minimum Gasteiger partial charge on any atom is -0.349 e. The Morgan fingerprint density at radius 1 is 1.56 bits per heavy atom. The molecule has 2 rings (SSSR count). The Hall–Kier alpha value is -0.870. The van der Waals surface area contributed by atoms with Gasteiger partial charge in [0.1, 0.15) is 0 Å². The molecule has 1 atom stereocenters. The summed E-state index contributed by atoms with van der Waals surface area (Å²) in [5, 5.41) is 6.12. The maximum Gasteiger partial charge on any atom is 0.226 e. The maximum atomic E-state index is 11.7. The van der Waals surface area contributed by atoms with Crippen molar-refractivity contribution in [1.29, 1.82) is 0 Å². The van der Waals surface area contributed by atoms with Crippen molar-refractivity contribution in [1.82, 2.24) is 10.6 Å². The molecule has 1 aliphatic rings. The molecule has 0 bridgehead atoms. The number of benzene rings is 1. The van der Waals surface area contributed by atoms with Crippen LogP contribution in [0.15, 0.2) is 28.7 Å². The summed E-state index contributed by atoms with van der Waals surface area (Å²) in [6.07, 6.45) is 0. The van der Waals surface area contributed by atoms with Crippen molar-refractivity contribution < 1.29 is 4.79 Å². The monoisotopic (exact) mass is 282 g/mol. The summed E-state index contributed by atoms with van der Waals surface area (Å²) in [6, 6.07) is 8.07. The van der Waals surface area contributed by atoms with Crippen LogP contribution in [0.3, 0.4) is 0 Å². The minimum atomic E-state index is 0.0607. The number of carbonyl (C=O) groups is 1. The number of rotatable bonds is 3. The van der Waals surface area contributed by atoms with Crippen molar-refractivity contribution in [2.75, 3.05) is 13.1 Å². The Morgan fingerprint density at radius 3 is 2.88 bits per heavy atom. The summed E-state index contributed by atoms with van der Waals surface area (Å²) in [6.45, 7) is 3.61. The highest BCUT2D eigenvalue weighted by molar-refractivity contribution is 9.10. The van der Waals surface area contributed by atoms with Gasteiger partial charge >= 0.3 is 0 Å². The molecule has 0 spiro atoms. The van der Waals surface area contributed by atoms with Gasteiger partial charge in [0, 0.05) is 17.6 Å². The fourth-order valence-corrected chi connectivity index (χ4v) is 2.08. The van der Waals surface area contributed by atoms with Crippen LogP contribution in [-0.4, -0.2) is 19.0 Å². The highest BCUT2D eigenvalue weighted by Crippen LogP contribution is 2.18. The van der Waals surface area contributed by atoms with Gasteiger partial charge in [-0.15, -0.1) is 0 Å². The van der Waals surface area contributed by atoms with E-state index < -0.39 is 0 Å². The molecule has 1 aromatic carbocycles. The zero-order valence-electron chi connectivity index (χ0n) is 9.16. The van der Waals surface area contributed by atoms with Gasteiger partial charge in [-0.1, -0.05) is 28.1 Å². The average molecular weight is 283 g/mol. The molecule has 0 aromatic heterocycles. The Bertz CT molecular complexity index is 390. The quantitative estimate of drug-likeness (QED) is 0.889. The molecule has 1 saturated heterocycles. The highest BCUT2D eigenvalue weighted by atomic mass is 79.9. The molecule has 4 heteroatoms. The number of halogens is 1. The second-order valence-electron chi connectivity index (χ2n) is 4.14. The van der Waals surface area contributed by atoms with Gasteiger partial charge in [-0.3, -0.25) is 4.79 Å². The van der Waals surface area contributed by atoms with E-state index in [4.69, 9.17) is 0 Å². The van der Waals surface area contributed by atoms with E-state index in [2.05, 4.69) is 26.6 Å². The predicted octanol–water partition coefficient (Wildman–Crippen LogP) is 1.85. The molecule has 0 radical (unpaired) electrons. The lowest BCUT2D eigenvalue weighted by Gasteiger charge is -2.27. The first-order valence-corrected chi connectivity index (χ1v) is 6.22. The average Bonchev–Trinajstić information content (AvgIpc) is 2.14. The second-order valence-corrected chi connectivity index (χ2v) is 5.06. The van der Waals surface area contributed by atoms with E-state index >= 15 is 0 Å². The third-order valence-electron chi connectivity index (χ3n) is 2.86.